The maximum Gasteiger partial charge on any atom is 0.401 e. The van der Waals surface area contributed by atoms with Crippen molar-refractivity contribution in [3.8, 4) is 5.75 Å². The first-order valence-corrected chi connectivity index (χ1v) is 8.33. The highest BCUT2D eigenvalue weighted by Gasteiger charge is 2.34. The van der Waals surface area contributed by atoms with E-state index in [0.29, 0.717) is 50.9 Å². The minimum Gasteiger partial charge on any atom is -0.490 e. The SMILES string of the molecule is CCNC(=NCCOc1cccnc1)NC1CCN(CC(F)(F)F)C1.I. The molecule has 1 aromatic rings. The summed E-state index contributed by atoms with van der Waals surface area (Å²) in [6, 6.07) is 3.56. The minimum absolute atomic E-state index is 0. The lowest BCUT2D eigenvalue weighted by Crippen LogP contribution is -2.45. The molecule has 1 aliphatic rings. The molecule has 1 saturated heterocycles. The Kier molecular flexibility index (Phi) is 9.99. The van der Waals surface area contributed by atoms with Gasteiger partial charge in [-0.15, -0.1) is 24.0 Å². The van der Waals surface area contributed by atoms with Crippen LogP contribution in [0.3, 0.4) is 0 Å². The van der Waals surface area contributed by atoms with Crippen molar-refractivity contribution in [1.82, 2.24) is 20.5 Å². The predicted octanol–water partition coefficient (Wildman–Crippen LogP) is 2.27. The smallest absolute Gasteiger partial charge is 0.401 e. The molecule has 1 aromatic heterocycles. The zero-order valence-corrected chi connectivity index (χ0v) is 17.0. The second-order valence-corrected chi connectivity index (χ2v) is 5.78. The maximum atomic E-state index is 12.4. The number of guanidine groups is 1. The Hall–Kier alpha value is -1.30. The van der Waals surface area contributed by atoms with Crippen LogP contribution in [0.4, 0.5) is 13.2 Å². The van der Waals surface area contributed by atoms with Gasteiger partial charge in [-0.05, 0) is 25.5 Å². The number of likely N-dealkylation sites (tertiary alicyclic amines) is 1. The van der Waals surface area contributed by atoms with Crippen LogP contribution in [0.5, 0.6) is 5.75 Å². The number of halogens is 4. The number of nitrogens with one attached hydrogen (secondary N) is 2. The van der Waals surface area contributed by atoms with E-state index in [0.717, 1.165) is 0 Å². The Morgan fingerprint density at radius 1 is 1.46 bits per heavy atom. The number of aromatic nitrogens is 1. The summed E-state index contributed by atoms with van der Waals surface area (Å²) in [7, 11) is 0. The van der Waals surface area contributed by atoms with Crippen molar-refractivity contribution in [3.63, 3.8) is 0 Å². The minimum atomic E-state index is -4.16. The van der Waals surface area contributed by atoms with Gasteiger partial charge in [0, 0.05) is 31.9 Å². The van der Waals surface area contributed by atoms with Crippen LogP contribution >= 0.6 is 24.0 Å². The molecule has 0 aromatic carbocycles. The number of nitrogens with zero attached hydrogens (tertiary/aromatic N) is 3. The largest absolute Gasteiger partial charge is 0.490 e. The summed E-state index contributed by atoms with van der Waals surface area (Å²) in [5.41, 5.74) is 0. The molecule has 0 bridgehead atoms. The highest BCUT2D eigenvalue weighted by atomic mass is 127. The average molecular weight is 487 g/mol. The summed E-state index contributed by atoms with van der Waals surface area (Å²) >= 11 is 0. The van der Waals surface area contributed by atoms with E-state index in [-0.39, 0.29) is 30.0 Å². The van der Waals surface area contributed by atoms with E-state index in [4.69, 9.17) is 4.74 Å². The van der Waals surface area contributed by atoms with Crippen molar-refractivity contribution in [2.75, 3.05) is 39.3 Å². The highest BCUT2D eigenvalue weighted by Crippen LogP contribution is 2.19. The Labute approximate surface area is 168 Å². The van der Waals surface area contributed by atoms with Crippen molar-refractivity contribution >= 4 is 29.9 Å². The molecule has 0 saturated carbocycles. The first kappa shape index (κ1) is 22.7. The lowest BCUT2D eigenvalue weighted by molar-refractivity contribution is -0.143. The number of alkyl halides is 3. The molecule has 0 amide bonds. The van der Waals surface area contributed by atoms with Gasteiger partial charge < -0.3 is 15.4 Å². The number of hydrogen-bond donors (Lipinski definition) is 2. The van der Waals surface area contributed by atoms with Gasteiger partial charge in [0.05, 0.1) is 19.3 Å². The molecule has 1 unspecified atom stereocenters. The third-order valence-electron chi connectivity index (χ3n) is 3.62. The van der Waals surface area contributed by atoms with Gasteiger partial charge in [0.25, 0.3) is 0 Å². The molecule has 10 heteroatoms. The van der Waals surface area contributed by atoms with Crippen LogP contribution in [0.2, 0.25) is 0 Å². The van der Waals surface area contributed by atoms with Crippen LogP contribution in [0, 0.1) is 0 Å². The topological polar surface area (TPSA) is 61.8 Å². The number of hydrogen-bond acceptors (Lipinski definition) is 4. The molecule has 0 aliphatic carbocycles. The van der Waals surface area contributed by atoms with Crippen molar-refractivity contribution < 1.29 is 17.9 Å². The first-order valence-electron chi connectivity index (χ1n) is 8.33. The molecular formula is C16H25F3IN5O. The number of ether oxygens (including phenoxy) is 1. The summed E-state index contributed by atoms with van der Waals surface area (Å²) in [4.78, 5) is 9.77. The van der Waals surface area contributed by atoms with Gasteiger partial charge in [0.15, 0.2) is 5.96 Å². The van der Waals surface area contributed by atoms with Gasteiger partial charge in [-0.3, -0.25) is 9.88 Å². The third-order valence-corrected chi connectivity index (χ3v) is 3.62. The van der Waals surface area contributed by atoms with Gasteiger partial charge >= 0.3 is 6.18 Å². The second kappa shape index (κ2) is 11.4. The van der Waals surface area contributed by atoms with E-state index in [1.54, 1.807) is 18.5 Å². The Morgan fingerprint density at radius 2 is 2.27 bits per heavy atom. The van der Waals surface area contributed by atoms with Crippen molar-refractivity contribution in [2.24, 2.45) is 4.99 Å². The molecule has 0 radical (unpaired) electrons. The number of aliphatic imine (C=N–C) groups is 1. The quantitative estimate of drug-likeness (QED) is 0.268. The fraction of sp³-hybridized carbons (Fsp3) is 0.625. The lowest BCUT2D eigenvalue weighted by atomic mass is 10.3. The standard InChI is InChI=1S/C16H24F3N5O.HI/c1-2-21-15(22-7-9-25-14-4-3-6-20-10-14)23-13-5-8-24(11-13)12-16(17,18)19;/h3-4,6,10,13H,2,5,7-9,11-12H2,1H3,(H2,21,22,23);1H. The van der Waals surface area contributed by atoms with Gasteiger partial charge in [0.2, 0.25) is 0 Å². The van der Waals surface area contributed by atoms with Crippen LogP contribution in [0.15, 0.2) is 29.5 Å². The zero-order chi connectivity index (χ0) is 18.1. The molecule has 6 nitrogen and oxygen atoms in total. The maximum absolute atomic E-state index is 12.4. The normalized spacial score (nSPS) is 18.3. The van der Waals surface area contributed by atoms with Crippen LogP contribution in [0.25, 0.3) is 0 Å². The lowest BCUT2D eigenvalue weighted by Gasteiger charge is -2.19. The predicted molar refractivity (Wildman–Crippen MR) is 105 cm³/mol. The van der Waals surface area contributed by atoms with Gasteiger partial charge in [-0.25, -0.2) is 4.99 Å². The fourth-order valence-corrected chi connectivity index (χ4v) is 2.61. The Morgan fingerprint density at radius 3 is 2.92 bits per heavy atom. The van der Waals surface area contributed by atoms with E-state index >= 15 is 0 Å². The first-order chi connectivity index (χ1) is 12.0. The molecule has 2 heterocycles. The van der Waals surface area contributed by atoms with Gasteiger partial charge in [-0.2, -0.15) is 13.2 Å². The molecule has 1 atom stereocenters. The van der Waals surface area contributed by atoms with Crippen LogP contribution in [-0.2, 0) is 0 Å². The zero-order valence-electron chi connectivity index (χ0n) is 14.6. The fourth-order valence-electron chi connectivity index (χ4n) is 2.61. The van der Waals surface area contributed by atoms with Crippen LogP contribution in [0.1, 0.15) is 13.3 Å². The van der Waals surface area contributed by atoms with E-state index < -0.39 is 12.7 Å². The molecule has 2 rings (SSSR count). The van der Waals surface area contributed by atoms with Crippen molar-refractivity contribution in [1.29, 1.82) is 0 Å². The van der Waals surface area contributed by atoms with Crippen LogP contribution in [-0.4, -0.2) is 67.4 Å². The average Bonchev–Trinajstić information content (AvgIpc) is 2.97. The van der Waals surface area contributed by atoms with Crippen molar-refractivity contribution in [2.45, 2.75) is 25.6 Å². The second-order valence-electron chi connectivity index (χ2n) is 5.78. The third kappa shape index (κ3) is 8.88. The summed E-state index contributed by atoms with van der Waals surface area (Å²) in [6.45, 7) is 3.37. The Bertz CT molecular complexity index is 544. The van der Waals surface area contributed by atoms with E-state index in [2.05, 4.69) is 20.6 Å². The Balaban J connectivity index is 0.00000338. The summed E-state index contributed by atoms with van der Waals surface area (Å²) in [6.07, 6.45) is -0.202. The number of pyridine rings is 1. The van der Waals surface area contributed by atoms with E-state index in [1.807, 2.05) is 13.0 Å². The molecule has 1 aliphatic heterocycles. The number of rotatable bonds is 7. The van der Waals surface area contributed by atoms with Crippen LogP contribution < -0.4 is 15.4 Å². The van der Waals surface area contributed by atoms with E-state index in [9.17, 15) is 13.2 Å². The molecule has 26 heavy (non-hydrogen) atoms. The highest BCUT2D eigenvalue weighted by molar-refractivity contribution is 14.0. The summed E-state index contributed by atoms with van der Waals surface area (Å²) in [5.74, 6) is 1.27. The van der Waals surface area contributed by atoms with Gasteiger partial charge in [0.1, 0.15) is 12.4 Å². The monoisotopic (exact) mass is 487 g/mol. The van der Waals surface area contributed by atoms with Crippen molar-refractivity contribution in [3.05, 3.63) is 24.5 Å². The molecular weight excluding hydrogens is 462 g/mol. The summed E-state index contributed by atoms with van der Waals surface area (Å²) < 4.78 is 42.9. The molecule has 0 spiro atoms. The summed E-state index contributed by atoms with van der Waals surface area (Å²) in [5, 5.41) is 6.29. The molecule has 2 N–H and O–H groups in total. The van der Waals surface area contributed by atoms with Gasteiger partial charge in [-0.1, -0.05) is 0 Å². The van der Waals surface area contributed by atoms with E-state index in [1.165, 1.54) is 4.90 Å². The molecule has 1 fully saturated rings. The molecule has 148 valence electrons.